The Morgan fingerprint density at radius 1 is 1.32 bits per heavy atom. The van der Waals surface area contributed by atoms with Crippen LogP contribution in [-0.4, -0.2) is 53.0 Å². The third-order valence-electron chi connectivity index (χ3n) is 8.63. The van der Waals surface area contributed by atoms with Crippen molar-refractivity contribution in [2.75, 3.05) is 13.7 Å². The smallest absolute Gasteiger partial charge is 0.302 e. The molecule has 0 radical (unpaired) electrons. The number of aliphatic hydroxyl groups excluding tert-OH is 2. The van der Waals surface area contributed by atoms with E-state index in [1.807, 2.05) is 0 Å². The van der Waals surface area contributed by atoms with E-state index < -0.39 is 11.5 Å². The molecule has 3 fully saturated rings. The van der Waals surface area contributed by atoms with E-state index in [2.05, 4.69) is 28.9 Å². The Morgan fingerprint density at radius 2 is 2.07 bits per heavy atom. The third kappa shape index (κ3) is 2.93. The lowest BCUT2D eigenvalue weighted by Gasteiger charge is -2.59. The number of alkyl halides is 1. The number of fused-ring (bicyclic) bond motifs is 5. The summed E-state index contributed by atoms with van der Waals surface area (Å²) < 4.78 is 11.3. The van der Waals surface area contributed by atoms with Crippen molar-refractivity contribution >= 4 is 21.9 Å². The van der Waals surface area contributed by atoms with Crippen LogP contribution in [0.15, 0.2) is 11.6 Å². The second-order valence-electron chi connectivity index (χ2n) is 9.70. The maximum atomic E-state index is 11.7. The van der Waals surface area contributed by atoms with Crippen LogP contribution in [0.2, 0.25) is 0 Å². The van der Waals surface area contributed by atoms with Gasteiger partial charge in [0.05, 0.1) is 23.6 Å². The van der Waals surface area contributed by atoms with Crippen LogP contribution in [0.3, 0.4) is 0 Å². The van der Waals surface area contributed by atoms with Gasteiger partial charge >= 0.3 is 5.97 Å². The minimum absolute atomic E-state index is 0.00725. The first-order chi connectivity index (χ1) is 13.3. The van der Waals surface area contributed by atoms with Crippen molar-refractivity contribution < 1.29 is 24.5 Å². The third-order valence-corrected chi connectivity index (χ3v) is 9.49. The van der Waals surface area contributed by atoms with Crippen LogP contribution in [-0.2, 0) is 14.3 Å². The molecule has 3 unspecified atom stereocenters. The number of aliphatic hydroxyl groups is 2. The molecule has 5 nitrogen and oxygen atoms in total. The van der Waals surface area contributed by atoms with Gasteiger partial charge in [-0.25, -0.2) is 0 Å². The predicted octanol–water partition coefficient (Wildman–Crippen LogP) is 3.21. The molecule has 2 N–H and O–H groups in total. The van der Waals surface area contributed by atoms with Gasteiger partial charge < -0.3 is 19.7 Å². The number of esters is 1. The standard InChI is InChI=1S/C22H33BrO5/c1-12(25)28-20-17(23)10-16-19-15(5-7-22(16,20)11-24)21(2)6-4-14(27-3)8-13(21)9-18(19)26/h9,14-20,24,26H,4-8,10-11H2,1-3H3/t14-,15?,16?,17+,18-,19?,20-,21-,22+/m0/s1. The van der Waals surface area contributed by atoms with Crippen molar-refractivity contribution in [1.82, 2.24) is 0 Å². The molecule has 28 heavy (non-hydrogen) atoms. The summed E-state index contributed by atoms with van der Waals surface area (Å²) in [6, 6.07) is 0. The average Bonchev–Trinajstić information content (AvgIpc) is 2.94. The SMILES string of the molecule is CO[C@H]1CC[C@@]2(C)C(=C[C@H](O)C3C4C[C@@H](Br)[C@H](OC(C)=O)[C@@]4(CO)CCC32)C1. The van der Waals surface area contributed by atoms with Crippen molar-refractivity contribution in [2.45, 2.75) is 75.5 Å². The van der Waals surface area contributed by atoms with Gasteiger partial charge in [0.15, 0.2) is 0 Å². The predicted molar refractivity (Wildman–Crippen MR) is 109 cm³/mol. The fraction of sp³-hybridized carbons (Fsp3) is 0.864. The topological polar surface area (TPSA) is 76.0 Å². The quantitative estimate of drug-likeness (QED) is 0.387. The first-order valence-corrected chi connectivity index (χ1v) is 11.5. The molecule has 0 aliphatic heterocycles. The van der Waals surface area contributed by atoms with E-state index in [0.717, 1.165) is 38.5 Å². The Labute approximate surface area is 176 Å². The van der Waals surface area contributed by atoms with Gasteiger partial charge in [-0.3, -0.25) is 4.79 Å². The number of halogens is 1. The lowest BCUT2D eigenvalue weighted by atomic mass is 9.47. The fourth-order valence-electron chi connectivity index (χ4n) is 7.22. The molecule has 4 rings (SSSR count). The molecule has 6 heteroatoms. The molecule has 0 aromatic carbocycles. The van der Waals surface area contributed by atoms with Gasteiger partial charge in [-0.1, -0.05) is 34.5 Å². The largest absolute Gasteiger partial charge is 0.461 e. The van der Waals surface area contributed by atoms with Gasteiger partial charge in [-0.15, -0.1) is 0 Å². The Bertz CT molecular complexity index is 665. The number of ether oxygens (including phenoxy) is 2. The minimum atomic E-state index is -0.518. The van der Waals surface area contributed by atoms with Crippen molar-refractivity contribution in [3.05, 3.63) is 11.6 Å². The Hall–Kier alpha value is -0.430. The Morgan fingerprint density at radius 3 is 2.71 bits per heavy atom. The van der Waals surface area contributed by atoms with E-state index >= 15 is 0 Å². The monoisotopic (exact) mass is 456 g/mol. The van der Waals surface area contributed by atoms with Gasteiger partial charge in [0.2, 0.25) is 0 Å². The summed E-state index contributed by atoms with van der Waals surface area (Å²) in [7, 11) is 1.77. The summed E-state index contributed by atoms with van der Waals surface area (Å²) in [5, 5.41) is 21.7. The minimum Gasteiger partial charge on any atom is -0.461 e. The van der Waals surface area contributed by atoms with E-state index in [4.69, 9.17) is 9.47 Å². The van der Waals surface area contributed by atoms with Crippen LogP contribution in [0.1, 0.15) is 52.4 Å². The second kappa shape index (κ2) is 7.36. The van der Waals surface area contributed by atoms with Crippen LogP contribution < -0.4 is 0 Å². The van der Waals surface area contributed by atoms with Crippen molar-refractivity contribution in [3.63, 3.8) is 0 Å². The summed E-state index contributed by atoms with van der Waals surface area (Å²) in [6.45, 7) is 3.79. The summed E-state index contributed by atoms with van der Waals surface area (Å²) in [5.74, 6) is 0.311. The van der Waals surface area contributed by atoms with Crippen LogP contribution in [0, 0.1) is 28.6 Å². The van der Waals surface area contributed by atoms with Crippen molar-refractivity contribution in [3.8, 4) is 0 Å². The summed E-state index contributed by atoms with van der Waals surface area (Å²) >= 11 is 3.73. The van der Waals surface area contributed by atoms with Gasteiger partial charge in [-0.2, -0.15) is 0 Å². The maximum absolute atomic E-state index is 11.7. The average molecular weight is 457 g/mol. The molecule has 4 aliphatic carbocycles. The highest BCUT2D eigenvalue weighted by molar-refractivity contribution is 9.09. The fourth-order valence-corrected chi connectivity index (χ4v) is 8.25. The van der Waals surface area contributed by atoms with Gasteiger partial charge in [0, 0.05) is 19.4 Å². The number of hydrogen-bond donors (Lipinski definition) is 2. The molecule has 4 aliphatic rings. The molecule has 0 amide bonds. The number of hydrogen-bond acceptors (Lipinski definition) is 5. The highest BCUT2D eigenvalue weighted by Gasteiger charge is 2.65. The van der Waals surface area contributed by atoms with Crippen molar-refractivity contribution in [1.29, 1.82) is 0 Å². The highest BCUT2D eigenvalue weighted by atomic mass is 79.9. The number of carbonyl (C=O) groups is 1. The summed E-state index contributed by atoms with van der Waals surface area (Å²) in [4.78, 5) is 11.7. The van der Waals surface area contributed by atoms with Crippen LogP contribution >= 0.6 is 15.9 Å². The van der Waals surface area contributed by atoms with Gasteiger partial charge in [0.1, 0.15) is 6.10 Å². The van der Waals surface area contributed by atoms with E-state index in [1.165, 1.54) is 12.5 Å². The van der Waals surface area contributed by atoms with Crippen molar-refractivity contribution in [2.24, 2.45) is 28.6 Å². The van der Waals surface area contributed by atoms with E-state index in [9.17, 15) is 15.0 Å². The molecular formula is C22H33BrO5. The second-order valence-corrected chi connectivity index (χ2v) is 10.9. The molecular weight excluding hydrogens is 424 g/mol. The molecule has 3 saturated carbocycles. The number of carbonyl (C=O) groups excluding carboxylic acids is 1. The lowest BCUT2D eigenvalue weighted by Crippen LogP contribution is -2.57. The summed E-state index contributed by atoms with van der Waals surface area (Å²) in [6.07, 6.45) is 7.10. The van der Waals surface area contributed by atoms with E-state index in [0.29, 0.717) is 5.92 Å². The molecule has 158 valence electrons. The Balaban J connectivity index is 1.70. The first-order valence-electron chi connectivity index (χ1n) is 10.6. The molecule has 0 heterocycles. The Kier molecular flexibility index (Phi) is 5.48. The molecule has 0 aromatic rings. The maximum Gasteiger partial charge on any atom is 0.302 e. The number of methoxy groups -OCH3 is 1. The molecule has 0 saturated heterocycles. The zero-order valence-electron chi connectivity index (χ0n) is 17.1. The van der Waals surface area contributed by atoms with E-state index in [-0.39, 0.29) is 46.9 Å². The lowest BCUT2D eigenvalue weighted by molar-refractivity contribution is -0.166. The van der Waals surface area contributed by atoms with Crippen LogP contribution in [0.5, 0.6) is 0 Å². The van der Waals surface area contributed by atoms with Crippen LogP contribution in [0.4, 0.5) is 0 Å². The number of rotatable bonds is 3. The normalized spacial score (nSPS) is 50.2. The zero-order chi connectivity index (χ0) is 20.3. The molecule has 0 bridgehead atoms. The van der Waals surface area contributed by atoms with E-state index in [1.54, 1.807) is 7.11 Å². The summed E-state index contributed by atoms with van der Waals surface area (Å²) in [5.41, 5.74) is 0.968. The molecule has 0 aromatic heterocycles. The molecule has 9 atom stereocenters. The highest BCUT2D eigenvalue weighted by Crippen LogP contribution is 2.66. The van der Waals surface area contributed by atoms with Gasteiger partial charge in [0.25, 0.3) is 0 Å². The molecule has 0 spiro atoms. The van der Waals surface area contributed by atoms with Crippen LogP contribution in [0.25, 0.3) is 0 Å². The zero-order valence-corrected chi connectivity index (χ0v) is 18.7. The first kappa shape index (κ1) is 20.8. The van der Waals surface area contributed by atoms with Gasteiger partial charge in [-0.05, 0) is 61.7 Å².